The Morgan fingerprint density at radius 3 is 2.75 bits per heavy atom. The van der Waals surface area contributed by atoms with Crippen LogP contribution in [0.2, 0.25) is 0 Å². The minimum absolute atomic E-state index is 0.0502. The topological polar surface area (TPSA) is 128 Å². The monoisotopic (exact) mass is 481 g/mol. The summed E-state index contributed by atoms with van der Waals surface area (Å²) in [6, 6.07) is 11.4. The van der Waals surface area contributed by atoms with Crippen LogP contribution >= 0.6 is 0 Å². The zero-order valence-electron chi connectivity index (χ0n) is 19.8. The third kappa shape index (κ3) is 4.04. The van der Waals surface area contributed by atoms with Crippen molar-refractivity contribution in [2.75, 3.05) is 6.54 Å². The number of fused-ring (bicyclic) bond motifs is 1. The molecule has 11 nitrogen and oxygen atoms in total. The lowest BCUT2D eigenvalue weighted by Gasteiger charge is -2.25. The molecule has 11 heteroatoms. The van der Waals surface area contributed by atoms with E-state index in [1.807, 2.05) is 41.3 Å². The van der Waals surface area contributed by atoms with Gasteiger partial charge in [-0.25, -0.2) is 9.97 Å². The van der Waals surface area contributed by atoms with E-state index in [-0.39, 0.29) is 11.9 Å². The molecule has 0 radical (unpaired) electrons. The Morgan fingerprint density at radius 2 is 2.03 bits per heavy atom. The Hall–Kier alpha value is -4.67. The molecular weight excluding hydrogens is 458 g/mol. The molecule has 1 unspecified atom stereocenters. The number of aryl methyl sites for hydroxylation is 1. The van der Waals surface area contributed by atoms with Gasteiger partial charge < -0.3 is 14.6 Å². The summed E-state index contributed by atoms with van der Waals surface area (Å²) < 4.78 is 6.39. The van der Waals surface area contributed by atoms with Crippen molar-refractivity contribution in [2.24, 2.45) is 7.05 Å². The van der Waals surface area contributed by atoms with Crippen LogP contribution in [0.1, 0.15) is 31.4 Å². The Labute approximate surface area is 206 Å². The van der Waals surface area contributed by atoms with Gasteiger partial charge in [-0.2, -0.15) is 4.80 Å². The lowest BCUT2D eigenvalue weighted by atomic mass is 10.0. The third-order valence-corrected chi connectivity index (χ3v) is 6.28. The van der Waals surface area contributed by atoms with Crippen LogP contribution in [0, 0.1) is 0 Å². The number of nitrogens with zero attached hydrogens (tertiary/aromatic N) is 8. The van der Waals surface area contributed by atoms with Crippen LogP contribution in [0.25, 0.3) is 33.9 Å². The second kappa shape index (κ2) is 8.84. The largest absolute Gasteiger partial charge is 0.457 e. The van der Waals surface area contributed by atoms with E-state index in [1.54, 1.807) is 32.6 Å². The number of H-pyrrole nitrogens is 1. The van der Waals surface area contributed by atoms with Gasteiger partial charge in [0.1, 0.15) is 17.2 Å². The Kier molecular flexibility index (Phi) is 5.36. The molecule has 2 aromatic carbocycles. The maximum atomic E-state index is 12.4. The van der Waals surface area contributed by atoms with E-state index in [0.717, 1.165) is 41.5 Å². The van der Waals surface area contributed by atoms with Gasteiger partial charge in [0.25, 0.3) is 0 Å². The number of rotatable bonds is 5. The average molecular weight is 482 g/mol. The minimum atomic E-state index is -0.0757. The standard InChI is InChI=1S/C25H23N9O2/c1-15(35)34-11-3-4-22(34)18-12-19-20(29-25(28-19)21-14-26-9-10-27-21)13-23(18)36-17-7-5-16(6-8-17)24-30-32-33(2)31-24/h5-10,12-14,22H,3-4,11H2,1-2H3,(H,28,29). The molecule has 0 bridgehead atoms. The third-order valence-electron chi connectivity index (χ3n) is 6.28. The molecule has 4 heterocycles. The van der Waals surface area contributed by atoms with Crippen molar-refractivity contribution in [3.8, 4) is 34.4 Å². The first kappa shape index (κ1) is 21.8. The van der Waals surface area contributed by atoms with Gasteiger partial charge in [0.05, 0.1) is 30.3 Å². The molecule has 36 heavy (non-hydrogen) atoms. The van der Waals surface area contributed by atoms with Crippen molar-refractivity contribution >= 4 is 16.9 Å². The number of tetrazole rings is 1. The summed E-state index contributed by atoms with van der Waals surface area (Å²) in [7, 11) is 1.73. The van der Waals surface area contributed by atoms with Crippen LogP contribution in [-0.2, 0) is 11.8 Å². The number of likely N-dealkylation sites (tertiary alicyclic amines) is 1. The number of hydrogen-bond acceptors (Lipinski definition) is 8. The van der Waals surface area contributed by atoms with Crippen LogP contribution in [0.15, 0.2) is 55.0 Å². The number of carbonyl (C=O) groups is 1. The lowest BCUT2D eigenvalue weighted by Crippen LogP contribution is -2.28. The smallest absolute Gasteiger partial charge is 0.219 e. The molecule has 3 aromatic heterocycles. The predicted molar refractivity (Wildman–Crippen MR) is 131 cm³/mol. The van der Waals surface area contributed by atoms with Crippen molar-refractivity contribution in [1.82, 2.24) is 45.0 Å². The zero-order chi connectivity index (χ0) is 24.6. The molecule has 5 aromatic rings. The first-order chi connectivity index (χ1) is 17.5. The van der Waals surface area contributed by atoms with E-state index in [0.29, 0.717) is 28.8 Å². The number of amides is 1. The number of hydrogen-bond donors (Lipinski definition) is 1. The number of imidazole rings is 1. The number of ether oxygens (including phenoxy) is 1. The van der Waals surface area contributed by atoms with Crippen LogP contribution < -0.4 is 4.74 Å². The molecule has 180 valence electrons. The first-order valence-electron chi connectivity index (χ1n) is 11.6. The molecule has 1 aliphatic rings. The maximum Gasteiger partial charge on any atom is 0.219 e. The molecule has 1 saturated heterocycles. The van der Waals surface area contributed by atoms with E-state index in [9.17, 15) is 4.79 Å². The molecule has 6 rings (SSSR count). The second-order valence-corrected chi connectivity index (χ2v) is 8.68. The number of carbonyl (C=O) groups excluding carboxylic acids is 1. The highest BCUT2D eigenvalue weighted by Crippen LogP contribution is 2.41. The summed E-state index contributed by atoms with van der Waals surface area (Å²) in [5.41, 5.74) is 4.01. The Balaban J connectivity index is 1.40. The number of aromatic nitrogens is 8. The van der Waals surface area contributed by atoms with Crippen LogP contribution in [0.4, 0.5) is 0 Å². The normalized spacial score (nSPS) is 15.5. The fourth-order valence-electron chi connectivity index (χ4n) is 4.61. The Bertz CT molecular complexity index is 1540. The van der Waals surface area contributed by atoms with Gasteiger partial charge in [-0.05, 0) is 48.4 Å². The van der Waals surface area contributed by atoms with E-state index >= 15 is 0 Å². The van der Waals surface area contributed by atoms with E-state index in [2.05, 4.69) is 30.4 Å². The second-order valence-electron chi connectivity index (χ2n) is 8.68. The van der Waals surface area contributed by atoms with E-state index in [4.69, 9.17) is 9.72 Å². The van der Waals surface area contributed by atoms with E-state index in [1.165, 1.54) is 4.80 Å². The van der Waals surface area contributed by atoms with Crippen molar-refractivity contribution in [1.29, 1.82) is 0 Å². The van der Waals surface area contributed by atoms with Gasteiger partial charge in [-0.1, -0.05) is 0 Å². The van der Waals surface area contributed by atoms with Gasteiger partial charge in [-0.3, -0.25) is 9.78 Å². The van der Waals surface area contributed by atoms with Crippen LogP contribution in [0.5, 0.6) is 11.5 Å². The number of aromatic amines is 1. The molecular formula is C25H23N9O2. The van der Waals surface area contributed by atoms with Crippen LogP contribution in [-0.4, -0.2) is 57.5 Å². The summed E-state index contributed by atoms with van der Waals surface area (Å²) in [6.45, 7) is 2.34. The fraction of sp³-hybridized carbons (Fsp3) is 0.240. The van der Waals surface area contributed by atoms with Crippen molar-refractivity contribution < 1.29 is 9.53 Å². The molecule has 0 spiro atoms. The predicted octanol–water partition coefficient (Wildman–Crippen LogP) is 3.69. The van der Waals surface area contributed by atoms with Crippen molar-refractivity contribution in [3.05, 3.63) is 60.6 Å². The SMILES string of the molecule is CC(=O)N1CCCC1c1cc2[nH]c(-c3cnccn3)nc2cc1Oc1ccc(-c2nnn(C)n2)cc1. The lowest BCUT2D eigenvalue weighted by molar-refractivity contribution is -0.129. The molecule has 1 amide bonds. The number of nitrogens with one attached hydrogen (secondary N) is 1. The maximum absolute atomic E-state index is 12.4. The summed E-state index contributed by atoms with van der Waals surface area (Å²) in [5, 5.41) is 12.2. The molecule has 1 aliphatic heterocycles. The summed E-state index contributed by atoms with van der Waals surface area (Å²) in [6.07, 6.45) is 6.72. The van der Waals surface area contributed by atoms with Gasteiger partial charge in [-0.15, -0.1) is 10.2 Å². The quantitative estimate of drug-likeness (QED) is 0.403. The number of benzene rings is 2. The molecule has 1 N–H and O–H groups in total. The highest BCUT2D eigenvalue weighted by molar-refractivity contribution is 5.82. The summed E-state index contributed by atoms with van der Waals surface area (Å²) in [5.74, 6) is 2.52. The highest BCUT2D eigenvalue weighted by Gasteiger charge is 2.31. The zero-order valence-corrected chi connectivity index (χ0v) is 19.8. The minimum Gasteiger partial charge on any atom is -0.457 e. The average Bonchev–Trinajstić information content (AvgIpc) is 3.64. The Morgan fingerprint density at radius 1 is 1.17 bits per heavy atom. The summed E-state index contributed by atoms with van der Waals surface area (Å²) in [4.78, 5) is 32.2. The highest BCUT2D eigenvalue weighted by atomic mass is 16.5. The van der Waals surface area contributed by atoms with Crippen molar-refractivity contribution in [3.63, 3.8) is 0 Å². The molecule has 0 saturated carbocycles. The molecule has 1 atom stereocenters. The van der Waals surface area contributed by atoms with Gasteiger partial charge in [0, 0.05) is 43.1 Å². The molecule has 0 aliphatic carbocycles. The van der Waals surface area contributed by atoms with Gasteiger partial charge in [0.15, 0.2) is 5.82 Å². The van der Waals surface area contributed by atoms with Crippen molar-refractivity contribution in [2.45, 2.75) is 25.8 Å². The summed E-state index contributed by atoms with van der Waals surface area (Å²) >= 11 is 0. The first-order valence-corrected chi connectivity index (χ1v) is 11.6. The van der Waals surface area contributed by atoms with E-state index < -0.39 is 0 Å². The van der Waals surface area contributed by atoms with Gasteiger partial charge >= 0.3 is 0 Å². The fourth-order valence-corrected chi connectivity index (χ4v) is 4.61. The van der Waals surface area contributed by atoms with Crippen LogP contribution in [0.3, 0.4) is 0 Å². The molecule has 1 fully saturated rings. The van der Waals surface area contributed by atoms with Gasteiger partial charge in [0.2, 0.25) is 11.7 Å².